The second-order valence-electron chi connectivity index (χ2n) is 11.1. The molecule has 0 bridgehead atoms. The lowest BCUT2D eigenvalue weighted by Gasteiger charge is -2.24. The van der Waals surface area contributed by atoms with Gasteiger partial charge in [0.2, 0.25) is 0 Å². The summed E-state index contributed by atoms with van der Waals surface area (Å²) in [4.78, 5) is 0. The predicted molar refractivity (Wildman–Crippen MR) is 166 cm³/mol. The number of benzene rings is 5. The highest BCUT2D eigenvalue weighted by atomic mass is 32.1. The van der Waals surface area contributed by atoms with Crippen molar-refractivity contribution >= 4 is 63.0 Å². The van der Waals surface area contributed by atoms with Crippen molar-refractivity contribution in [1.82, 2.24) is 0 Å². The molecular formula is C35H28S2. The van der Waals surface area contributed by atoms with E-state index in [1.54, 1.807) is 0 Å². The Hall–Kier alpha value is -3.46. The van der Waals surface area contributed by atoms with E-state index in [9.17, 15) is 0 Å². The van der Waals surface area contributed by atoms with Gasteiger partial charge in [0.1, 0.15) is 0 Å². The molecule has 0 atom stereocenters. The normalized spacial score (nSPS) is 12.3. The van der Waals surface area contributed by atoms with Crippen LogP contribution in [0.5, 0.6) is 0 Å². The van der Waals surface area contributed by atoms with Gasteiger partial charge in [-0.15, -0.1) is 22.7 Å². The monoisotopic (exact) mass is 512 g/mol. The second kappa shape index (κ2) is 8.55. The van der Waals surface area contributed by atoms with Crippen LogP contribution in [0.2, 0.25) is 0 Å². The number of hydrogen-bond donors (Lipinski definition) is 0. The van der Waals surface area contributed by atoms with Gasteiger partial charge in [-0.1, -0.05) is 112 Å². The number of thiophene rings is 2. The van der Waals surface area contributed by atoms with Gasteiger partial charge in [-0.3, -0.25) is 0 Å². The highest BCUT2D eigenvalue weighted by Gasteiger charge is 2.22. The summed E-state index contributed by atoms with van der Waals surface area (Å²) >= 11 is 3.84. The van der Waals surface area contributed by atoms with E-state index in [1.165, 1.54) is 68.2 Å². The Labute approximate surface area is 225 Å². The minimum absolute atomic E-state index is 0.160. The van der Waals surface area contributed by atoms with Crippen molar-refractivity contribution in [3.8, 4) is 22.3 Å². The Kier molecular flexibility index (Phi) is 5.25. The molecule has 0 nitrogen and oxygen atoms in total. The Balaban J connectivity index is 1.54. The van der Waals surface area contributed by atoms with E-state index in [0.717, 1.165) is 6.42 Å². The van der Waals surface area contributed by atoms with E-state index in [2.05, 4.69) is 124 Å². The van der Waals surface area contributed by atoms with Gasteiger partial charge in [-0.2, -0.15) is 0 Å². The molecular weight excluding hydrogens is 485 g/mol. The van der Waals surface area contributed by atoms with Crippen LogP contribution >= 0.6 is 22.7 Å². The first kappa shape index (κ1) is 22.7. The molecule has 0 radical (unpaired) electrons. The molecule has 2 heteroatoms. The van der Waals surface area contributed by atoms with E-state index in [-0.39, 0.29) is 5.41 Å². The van der Waals surface area contributed by atoms with Crippen LogP contribution < -0.4 is 0 Å². The Morgan fingerprint density at radius 1 is 0.459 bits per heavy atom. The number of hydrogen-bond acceptors (Lipinski definition) is 2. The summed E-state index contributed by atoms with van der Waals surface area (Å²) < 4.78 is 5.48. The van der Waals surface area contributed by atoms with Crippen LogP contribution in [-0.4, -0.2) is 0 Å². The molecule has 0 N–H and O–H groups in total. The fourth-order valence-electron chi connectivity index (χ4n) is 5.73. The summed E-state index contributed by atoms with van der Waals surface area (Å²) in [6, 6.07) is 38.2. The zero-order valence-electron chi connectivity index (χ0n) is 21.3. The summed E-state index contributed by atoms with van der Waals surface area (Å²) in [7, 11) is 0. The van der Waals surface area contributed by atoms with Crippen molar-refractivity contribution < 1.29 is 0 Å². The number of rotatable bonds is 3. The highest BCUT2D eigenvalue weighted by Crippen LogP contribution is 2.46. The average molecular weight is 513 g/mol. The third-order valence-electron chi connectivity index (χ3n) is 7.27. The summed E-state index contributed by atoms with van der Waals surface area (Å²) in [6.07, 6.45) is 1.01. The standard InChI is InChI=1S/C35H28S2/c1-35(2,3)21-30-22(26-15-9-17-28-24-11-4-6-19-31(24)36-33(26)28)13-8-14-23(30)27-16-10-18-29-25-12-5-7-20-32(25)37-34(27)29/h4-20H,21H2,1-3H3. The largest absolute Gasteiger partial charge is 0.135 e. The quantitative estimate of drug-likeness (QED) is 0.221. The molecule has 0 unspecified atom stereocenters. The van der Waals surface area contributed by atoms with Gasteiger partial charge < -0.3 is 0 Å². The maximum Gasteiger partial charge on any atom is 0.0433 e. The van der Waals surface area contributed by atoms with Gasteiger partial charge in [0.05, 0.1) is 0 Å². The van der Waals surface area contributed by atoms with Crippen LogP contribution in [0.25, 0.3) is 62.6 Å². The third-order valence-corrected chi connectivity index (χ3v) is 9.71. The first-order chi connectivity index (χ1) is 18.0. The minimum atomic E-state index is 0.160. The zero-order valence-corrected chi connectivity index (χ0v) is 23.0. The molecule has 180 valence electrons. The van der Waals surface area contributed by atoms with Gasteiger partial charge >= 0.3 is 0 Å². The van der Waals surface area contributed by atoms with Gasteiger partial charge in [0, 0.05) is 40.3 Å². The SMILES string of the molecule is CC(C)(C)Cc1c(-c2cccc3c2sc2ccccc23)cccc1-c1cccc2c1sc1ccccc12. The lowest BCUT2D eigenvalue weighted by Crippen LogP contribution is -2.11. The van der Waals surface area contributed by atoms with E-state index >= 15 is 0 Å². The van der Waals surface area contributed by atoms with E-state index < -0.39 is 0 Å². The first-order valence-corrected chi connectivity index (χ1v) is 14.5. The zero-order chi connectivity index (χ0) is 25.1. The summed E-state index contributed by atoms with van der Waals surface area (Å²) in [6.45, 7) is 7.06. The molecule has 2 aromatic heterocycles. The Bertz CT molecular complexity index is 1810. The average Bonchev–Trinajstić information content (AvgIpc) is 3.47. The van der Waals surface area contributed by atoms with Crippen molar-refractivity contribution in [3.05, 3.63) is 109 Å². The predicted octanol–water partition coefficient (Wildman–Crippen LogP) is 11.3. The maximum absolute atomic E-state index is 2.35. The van der Waals surface area contributed by atoms with Crippen LogP contribution in [0.15, 0.2) is 103 Å². The molecule has 0 aliphatic carbocycles. The molecule has 5 aromatic carbocycles. The van der Waals surface area contributed by atoms with Crippen molar-refractivity contribution in [2.75, 3.05) is 0 Å². The molecule has 0 saturated carbocycles. The molecule has 0 spiro atoms. The van der Waals surface area contributed by atoms with Gasteiger partial charge in [-0.05, 0) is 51.8 Å². The van der Waals surface area contributed by atoms with E-state index in [4.69, 9.17) is 0 Å². The van der Waals surface area contributed by atoms with E-state index in [0.29, 0.717) is 0 Å². The van der Waals surface area contributed by atoms with Crippen LogP contribution in [0.3, 0.4) is 0 Å². The topological polar surface area (TPSA) is 0 Å². The molecule has 0 amide bonds. The van der Waals surface area contributed by atoms with Crippen molar-refractivity contribution in [2.24, 2.45) is 5.41 Å². The van der Waals surface area contributed by atoms with E-state index in [1.807, 2.05) is 22.7 Å². The molecule has 2 heterocycles. The maximum atomic E-state index is 2.35. The van der Waals surface area contributed by atoms with Crippen LogP contribution in [0.1, 0.15) is 26.3 Å². The molecule has 0 aliphatic rings. The fraction of sp³-hybridized carbons (Fsp3) is 0.143. The van der Waals surface area contributed by atoms with Crippen molar-refractivity contribution in [1.29, 1.82) is 0 Å². The summed E-state index contributed by atoms with van der Waals surface area (Å²) in [5.41, 5.74) is 7.04. The molecule has 7 aromatic rings. The molecule has 37 heavy (non-hydrogen) atoms. The van der Waals surface area contributed by atoms with Crippen molar-refractivity contribution in [3.63, 3.8) is 0 Å². The lowest BCUT2D eigenvalue weighted by atomic mass is 9.81. The van der Waals surface area contributed by atoms with Crippen LogP contribution in [-0.2, 0) is 6.42 Å². The van der Waals surface area contributed by atoms with Crippen LogP contribution in [0.4, 0.5) is 0 Å². The Morgan fingerprint density at radius 2 is 0.865 bits per heavy atom. The van der Waals surface area contributed by atoms with Gasteiger partial charge in [-0.25, -0.2) is 0 Å². The minimum Gasteiger partial charge on any atom is -0.135 e. The van der Waals surface area contributed by atoms with Gasteiger partial charge in [0.15, 0.2) is 0 Å². The summed E-state index contributed by atoms with van der Waals surface area (Å²) in [5.74, 6) is 0. The van der Waals surface area contributed by atoms with Crippen LogP contribution in [0, 0.1) is 5.41 Å². The fourth-order valence-corrected chi connectivity index (χ4v) is 8.19. The number of fused-ring (bicyclic) bond motifs is 6. The van der Waals surface area contributed by atoms with Gasteiger partial charge in [0.25, 0.3) is 0 Å². The Morgan fingerprint density at radius 3 is 1.35 bits per heavy atom. The molecule has 0 aliphatic heterocycles. The second-order valence-corrected chi connectivity index (χ2v) is 13.2. The third kappa shape index (κ3) is 3.79. The molecule has 0 fully saturated rings. The smallest absolute Gasteiger partial charge is 0.0433 e. The lowest BCUT2D eigenvalue weighted by molar-refractivity contribution is 0.412. The van der Waals surface area contributed by atoms with Crippen molar-refractivity contribution in [2.45, 2.75) is 27.2 Å². The first-order valence-electron chi connectivity index (χ1n) is 12.9. The molecule has 0 saturated heterocycles. The highest BCUT2D eigenvalue weighted by molar-refractivity contribution is 7.26. The molecule has 7 rings (SSSR count). The summed E-state index contributed by atoms with van der Waals surface area (Å²) in [5, 5.41) is 5.43.